The van der Waals surface area contributed by atoms with Gasteiger partial charge in [0.05, 0.1) is 0 Å². The number of hydrogen-bond acceptors (Lipinski definition) is 2. The van der Waals surface area contributed by atoms with E-state index in [4.69, 9.17) is 5.73 Å². The standard InChI is InChI=1S/C17H21NS/c1-12-4-5-13(2)17(10-12)19-16-7-6-15(8-9-18)14(3)11-16/h4-7,10-11H,8-9,18H2,1-3H3. The Morgan fingerprint density at radius 3 is 2.42 bits per heavy atom. The summed E-state index contributed by atoms with van der Waals surface area (Å²) in [7, 11) is 0. The van der Waals surface area contributed by atoms with Crippen molar-refractivity contribution < 1.29 is 0 Å². The number of benzene rings is 2. The Kier molecular flexibility index (Phi) is 4.67. The van der Waals surface area contributed by atoms with Crippen LogP contribution < -0.4 is 5.73 Å². The Hall–Kier alpha value is -1.25. The normalized spacial score (nSPS) is 10.7. The molecule has 0 spiro atoms. The molecular formula is C17H21NS. The maximum Gasteiger partial charge on any atom is 0.0154 e. The predicted octanol–water partition coefficient (Wildman–Crippen LogP) is 4.26. The van der Waals surface area contributed by atoms with Crippen LogP contribution in [-0.4, -0.2) is 6.54 Å². The second kappa shape index (κ2) is 6.27. The van der Waals surface area contributed by atoms with Crippen LogP contribution in [0.3, 0.4) is 0 Å². The van der Waals surface area contributed by atoms with Gasteiger partial charge in [0.1, 0.15) is 0 Å². The third kappa shape index (κ3) is 3.62. The zero-order valence-corrected chi connectivity index (χ0v) is 12.7. The summed E-state index contributed by atoms with van der Waals surface area (Å²) in [5.74, 6) is 0. The van der Waals surface area contributed by atoms with E-state index in [1.54, 1.807) is 0 Å². The first-order chi connectivity index (χ1) is 9.10. The fourth-order valence-electron chi connectivity index (χ4n) is 2.11. The maximum atomic E-state index is 5.62. The molecule has 100 valence electrons. The molecule has 2 N–H and O–H groups in total. The van der Waals surface area contributed by atoms with E-state index < -0.39 is 0 Å². The van der Waals surface area contributed by atoms with Crippen molar-refractivity contribution in [3.8, 4) is 0 Å². The third-order valence-corrected chi connectivity index (χ3v) is 4.45. The molecular weight excluding hydrogens is 250 g/mol. The summed E-state index contributed by atoms with van der Waals surface area (Å²) in [5.41, 5.74) is 11.0. The van der Waals surface area contributed by atoms with Gasteiger partial charge in [0, 0.05) is 9.79 Å². The molecule has 0 radical (unpaired) electrons. The summed E-state index contributed by atoms with van der Waals surface area (Å²) in [6, 6.07) is 13.3. The highest BCUT2D eigenvalue weighted by Gasteiger charge is 2.04. The lowest BCUT2D eigenvalue weighted by molar-refractivity contribution is 0.954. The zero-order valence-electron chi connectivity index (χ0n) is 11.9. The quantitative estimate of drug-likeness (QED) is 0.899. The molecule has 0 saturated heterocycles. The van der Waals surface area contributed by atoms with E-state index >= 15 is 0 Å². The summed E-state index contributed by atoms with van der Waals surface area (Å²) in [6.45, 7) is 7.18. The van der Waals surface area contributed by atoms with Gasteiger partial charge in [-0.1, -0.05) is 30.0 Å². The van der Waals surface area contributed by atoms with Gasteiger partial charge in [0.15, 0.2) is 0 Å². The van der Waals surface area contributed by atoms with Crippen LogP contribution in [0.2, 0.25) is 0 Å². The average molecular weight is 271 g/mol. The lowest BCUT2D eigenvalue weighted by Crippen LogP contribution is -2.03. The van der Waals surface area contributed by atoms with Gasteiger partial charge in [-0.3, -0.25) is 0 Å². The highest BCUT2D eigenvalue weighted by Crippen LogP contribution is 2.32. The summed E-state index contributed by atoms with van der Waals surface area (Å²) in [6.07, 6.45) is 0.959. The van der Waals surface area contributed by atoms with E-state index in [1.165, 1.54) is 32.0 Å². The first-order valence-corrected chi connectivity index (χ1v) is 7.46. The van der Waals surface area contributed by atoms with Gasteiger partial charge in [0.2, 0.25) is 0 Å². The number of rotatable bonds is 4. The molecule has 2 aromatic rings. The molecule has 0 unspecified atom stereocenters. The van der Waals surface area contributed by atoms with E-state index in [1.807, 2.05) is 11.8 Å². The lowest BCUT2D eigenvalue weighted by atomic mass is 10.1. The highest BCUT2D eigenvalue weighted by molar-refractivity contribution is 7.99. The van der Waals surface area contributed by atoms with Gasteiger partial charge in [-0.05, 0) is 74.2 Å². The van der Waals surface area contributed by atoms with Crippen LogP contribution in [0.15, 0.2) is 46.2 Å². The second-order valence-electron chi connectivity index (χ2n) is 5.00. The Morgan fingerprint density at radius 1 is 0.947 bits per heavy atom. The van der Waals surface area contributed by atoms with Crippen LogP contribution >= 0.6 is 11.8 Å². The van der Waals surface area contributed by atoms with Gasteiger partial charge in [-0.2, -0.15) is 0 Å². The minimum atomic E-state index is 0.713. The van der Waals surface area contributed by atoms with E-state index in [9.17, 15) is 0 Å². The molecule has 2 aromatic carbocycles. The van der Waals surface area contributed by atoms with E-state index in [0.29, 0.717) is 6.54 Å². The second-order valence-corrected chi connectivity index (χ2v) is 6.11. The largest absolute Gasteiger partial charge is 0.330 e. The molecule has 0 saturated carbocycles. The van der Waals surface area contributed by atoms with Crippen molar-refractivity contribution in [1.82, 2.24) is 0 Å². The molecule has 0 fully saturated rings. The minimum absolute atomic E-state index is 0.713. The first-order valence-electron chi connectivity index (χ1n) is 6.65. The van der Waals surface area contributed by atoms with Crippen LogP contribution in [0.1, 0.15) is 22.3 Å². The highest BCUT2D eigenvalue weighted by atomic mass is 32.2. The van der Waals surface area contributed by atoms with Crippen LogP contribution in [-0.2, 0) is 6.42 Å². The van der Waals surface area contributed by atoms with Crippen LogP contribution in [0.25, 0.3) is 0 Å². The molecule has 2 heteroatoms. The summed E-state index contributed by atoms with van der Waals surface area (Å²) >= 11 is 1.84. The SMILES string of the molecule is Cc1ccc(C)c(Sc2ccc(CCN)c(C)c2)c1. The van der Waals surface area contributed by atoms with Crippen LogP contribution in [0, 0.1) is 20.8 Å². The van der Waals surface area contributed by atoms with Gasteiger partial charge >= 0.3 is 0 Å². The van der Waals surface area contributed by atoms with Gasteiger partial charge in [-0.15, -0.1) is 0 Å². The number of nitrogens with two attached hydrogens (primary N) is 1. The van der Waals surface area contributed by atoms with Crippen molar-refractivity contribution in [1.29, 1.82) is 0 Å². The van der Waals surface area contributed by atoms with Crippen LogP contribution in [0.5, 0.6) is 0 Å². The monoisotopic (exact) mass is 271 g/mol. The lowest BCUT2D eigenvalue weighted by Gasteiger charge is -2.10. The Morgan fingerprint density at radius 2 is 1.74 bits per heavy atom. The Balaban J connectivity index is 2.24. The van der Waals surface area contributed by atoms with Crippen molar-refractivity contribution >= 4 is 11.8 Å². The van der Waals surface area contributed by atoms with Crippen molar-refractivity contribution in [2.75, 3.05) is 6.54 Å². The average Bonchev–Trinajstić information content (AvgIpc) is 2.37. The molecule has 0 aliphatic rings. The number of hydrogen-bond donors (Lipinski definition) is 1. The minimum Gasteiger partial charge on any atom is -0.330 e. The smallest absolute Gasteiger partial charge is 0.0154 e. The molecule has 0 aliphatic heterocycles. The molecule has 0 heterocycles. The van der Waals surface area contributed by atoms with Crippen LogP contribution in [0.4, 0.5) is 0 Å². The molecule has 0 atom stereocenters. The molecule has 0 aromatic heterocycles. The molecule has 2 rings (SSSR count). The summed E-state index contributed by atoms with van der Waals surface area (Å²) in [4.78, 5) is 2.64. The van der Waals surface area contributed by atoms with Crippen molar-refractivity contribution in [2.45, 2.75) is 37.0 Å². The van der Waals surface area contributed by atoms with E-state index in [2.05, 4.69) is 57.2 Å². The topological polar surface area (TPSA) is 26.0 Å². The zero-order chi connectivity index (χ0) is 13.8. The first kappa shape index (κ1) is 14.2. The molecule has 1 nitrogen and oxygen atoms in total. The molecule has 0 bridgehead atoms. The molecule has 0 amide bonds. The van der Waals surface area contributed by atoms with Crippen molar-refractivity contribution in [2.24, 2.45) is 5.73 Å². The fraction of sp³-hybridized carbons (Fsp3) is 0.294. The molecule has 19 heavy (non-hydrogen) atoms. The van der Waals surface area contributed by atoms with Gasteiger partial charge in [0.25, 0.3) is 0 Å². The fourth-order valence-corrected chi connectivity index (χ4v) is 3.21. The maximum absolute atomic E-state index is 5.62. The number of aryl methyl sites for hydroxylation is 3. The summed E-state index contributed by atoms with van der Waals surface area (Å²) < 4.78 is 0. The van der Waals surface area contributed by atoms with E-state index in [-0.39, 0.29) is 0 Å². The van der Waals surface area contributed by atoms with Gasteiger partial charge in [-0.25, -0.2) is 0 Å². The van der Waals surface area contributed by atoms with Gasteiger partial charge < -0.3 is 5.73 Å². The van der Waals surface area contributed by atoms with Crippen molar-refractivity contribution in [3.63, 3.8) is 0 Å². The Labute approximate surface area is 120 Å². The van der Waals surface area contributed by atoms with E-state index in [0.717, 1.165) is 6.42 Å². The molecule has 0 aliphatic carbocycles. The third-order valence-electron chi connectivity index (χ3n) is 3.30. The predicted molar refractivity (Wildman–Crippen MR) is 84.0 cm³/mol. The summed E-state index contributed by atoms with van der Waals surface area (Å²) in [5, 5.41) is 0. The van der Waals surface area contributed by atoms with Crippen molar-refractivity contribution in [3.05, 3.63) is 58.7 Å². The Bertz CT molecular complexity index is 575.